The molecule has 0 atom stereocenters. The Morgan fingerprint density at radius 3 is 2.05 bits per heavy atom. The number of carboxylic acids is 1. The highest BCUT2D eigenvalue weighted by Crippen LogP contribution is 2.27. The second-order valence-corrected chi connectivity index (χ2v) is 5.01. The molecule has 0 radical (unpaired) electrons. The number of carbonyl (C=O) groups is 2. The van der Waals surface area contributed by atoms with Gasteiger partial charge in [0.05, 0.1) is 5.92 Å². The number of alkyl halides is 3. The SMILES string of the molecule is O=C(O)C1CN(C2CCN(C(=O)C(F)(F)F)CC2)C1. The Kier molecular flexibility index (Phi) is 3.71. The average Bonchev–Trinajstić information content (AvgIpc) is 2.25. The predicted molar refractivity (Wildman–Crippen MR) is 58.4 cm³/mol. The number of hydrogen-bond acceptors (Lipinski definition) is 3. The lowest BCUT2D eigenvalue weighted by Gasteiger charge is -2.45. The molecule has 1 N–H and O–H groups in total. The van der Waals surface area contributed by atoms with E-state index in [4.69, 9.17) is 5.11 Å². The molecule has 19 heavy (non-hydrogen) atoms. The van der Waals surface area contributed by atoms with Gasteiger partial charge in [0.1, 0.15) is 0 Å². The van der Waals surface area contributed by atoms with Gasteiger partial charge in [-0.25, -0.2) is 0 Å². The van der Waals surface area contributed by atoms with Crippen molar-refractivity contribution < 1.29 is 27.9 Å². The van der Waals surface area contributed by atoms with Crippen molar-refractivity contribution in [1.29, 1.82) is 0 Å². The highest BCUT2D eigenvalue weighted by atomic mass is 19.4. The van der Waals surface area contributed by atoms with E-state index in [-0.39, 0.29) is 25.0 Å². The number of likely N-dealkylation sites (tertiary alicyclic amines) is 2. The molecule has 0 saturated carbocycles. The number of rotatable bonds is 2. The molecule has 8 heteroatoms. The minimum atomic E-state index is -4.81. The van der Waals surface area contributed by atoms with E-state index in [1.165, 1.54) is 0 Å². The third-order valence-corrected chi connectivity index (χ3v) is 3.77. The van der Waals surface area contributed by atoms with Crippen LogP contribution in [0.25, 0.3) is 0 Å². The first-order valence-corrected chi connectivity index (χ1v) is 6.12. The Morgan fingerprint density at radius 1 is 1.11 bits per heavy atom. The van der Waals surface area contributed by atoms with Crippen molar-refractivity contribution in [2.45, 2.75) is 25.1 Å². The summed E-state index contributed by atoms with van der Waals surface area (Å²) in [6, 6.07) is 0.0906. The van der Waals surface area contributed by atoms with Gasteiger partial charge in [-0.05, 0) is 12.8 Å². The van der Waals surface area contributed by atoms with Gasteiger partial charge in [-0.15, -0.1) is 0 Å². The first kappa shape index (κ1) is 14.1. The van der Waals surface area contributed by atoms with Crippen molar-refractivity contribution in [3.8, 4) is 0 Å². The zero-order valence-electron chi connectivity index (χ0n) is 10.2. The first-order valence-electron chi connectivity index (χ1n) is 6.12. The lowest BCUT2D eigenvalue weighted by atomic mass is 9.93. The van der Waals surface area contributed by atoms with Gasteiger partial charge in [0.15, 0.2) is 0 Å². The standard InChI is InChI=1S/C11H15F3N2O3/c12-11(13,14)10(19)15-3-1-8(2-4-15)16-5-7(6-16)9(17)18/h7-8H,1-6H2,(H,17,18). The predicted octanol–water partition coefficient (Wildman–Crippen LogP) is 0.556. The van der Waals surface area contributed by atoms with Crippen LogP contribution < -0.4 is 0 Å². The number of amides is 1. The van der Waals surface area contributed by atoms with E-state index in [2.05, 4.69) is 0 Å². The smallest absolute Gasteiger partial charge is 0.471 e. The summed E-state index contributed by atoms with van der Waals surface area (Å²) in [5, 5.41) is 8.75. The van der Waals surface area contributed by atoms with E-state index in [1.54, 1.807) is 0 Å². The number of aliphatic carboxylic acids is 1. The maximum absolute atomic E-state index is 12.2. The fourth-order valence-corrected chi connectivity index (χ4v) is 2.58. The summed E-state index contributed by atoms with van der Waals surface area (Å²) in [5.41, 5.74) is 0. The van der Waals surface area contributed by atoms with Gasteiger partial charge in [0, 0.05) is 32.2 Å². The number of carboxylic acid groups (broad SMARTS) is 1. The lowest BCUT2D eigenvalue weighted by Crippen LogP contribution is -2.58. The molecule has 0 spiro atoms. The van der Waals surface area contributed by atoms with Gasteiger partial charge >= 0.3 is 18.1 Å². The molecule has 2 aliphatic heterocycles. The summed E-state index contributed by atoms with van der Waals surface area (Å²) < 4.78 is 36.7. The number of nitrogens with zero attached hydrogens (tertiary/aromatic N) is 2. The van der Waals surface area contributed by atoms with Gasteiger partial charge in [0.25, 0.3) is 0 Å². The van der Waals surface area contributed by atoms with Crippen LogP contribution in [-0.4, -0.2) is 65.2 Å². The Morgan fingerprint density at radius 2 is 1.63 bits per heavy atom. The molecule has 0 aromatic rings. The maximum Gasteiger partial charge on any atom is 0.471 e. The molecule has 0 aromatic heterocycles. The topological polar surface area (TPSA) is 60.9 Å². The summed E-state index contributed by atoms with van der Waals surface area (Å²) in [6.07, 6.45) is -3.87. The van der Waals surface area contributed by atoms with Crippen molar-refractivity contribution in [3.05, 3.63) is 0 Å². The first-order chi connectivity index (χ1) is 8.79. The zero-order chi connectivity index (χ0) is 14.2. The third-order valence-electron chi connectivity index (χ3n) is 3.77. The molecule has 108 valence electrons. The van der Waals surface area contributed by atoms with E-state index in [9.17, 15) is 22.8 Å². The van der Waals surface area contributed by atoms with Crippen molar-refractivity contribution in [2.75, 3.05) is 26.2 Å². The molecular weight excluding hydrogens is 265 g/mol. The summed E-state index contributed by atoms with van der Waals surface area (Å²) >= 11 is 0. The molecule has 0 bridgehead atoms. The minimum Gasteiger partial charge on any atom is -0.481 e. The summed E-state index contributed by atoms with van der Waals surface area (Å²) in [4.78, 5) is 24.5. The summed E-state index contributed by atoms with van der Waals surface area (Å²) in [6.45, 7) is 1.06. The third kappa shape index (κ3) is 2.99. The van der Waals surface area contributed by atoms with Gasteiger partial charge in [0.2, 0.25) is 0 Å². The molecule has 2 aliphatic rings. The Labute approximate surface area is 108 Å². The van der Waals surface area contributed by atoms with E-state index in [0.717, 1.165) is 4.90 Å². The van der Waals surface area contributed by atoms with Gasteiger partial charge in [-0.2, -0.15) is 13.2 Å². The van der Waals surface area contributed by atoms with Gasteiger partial charge in [-0.1, -0.05) is 0 Å². The quantitative estimate of drug-likeness (QED) is 0.802. The molecule has 0 unspecified atom stereocenters. The number of carbonyl (C=O) groups excluding carboxylic acids is 1. The van der Waals surface area contributed by atoms with Crippen molar-refractivity contribution in [3.63, 3.8) is 0 Å². The molecule has 1 amide bonds. The zero-order valence-corrected chi connectivity index (χ0v) is 10.2. The largest absolute Gasteiger partial charge is 0.481 e. The van der Waals surface area contributed by atoms with E-state index in [0.29, 0.717) is 25.9 Å². The monoisotopic (exact) mass is 280 g/mol. The second-order valence-electron chi connectivity index (χ2n) is 5.01. The second kappa shape index (κ2) is 4.99. The highest BCUT2D eigenvalue weighted by molar-refractivity contribution is 5.81. The fourth-order valence-electron chi connectivity index (χ4n) is 2.58. The van der Waals surface area contributed by atoms with Crippen molar-refractivity contribution in [1.82, 2.24) is 9.80 Å². The summed E-state index contributed by atoms with van der Waals surface area (Å²) in [7, 11) is 0. The number of piperidine rings is 1. The van der Waals surface area contributed by atoms with Crippen LogP contribution in [0.5, 0.6) is 0 Å². The Balaban J connectivity index is 1.78. The van der Waals surface area contributed by atoms with E-state index < -0.39 is 18.1 Å². The molecule has 5 nitrogen and oxygen atoms in total. The molecular formula is C11H15F3N2O3. The maximum atomic E-state index is 12.2. The minimum absolute atomic E-state index is 0.0806. The van der Waals surface area contributed by atoms with Crippen LogP contribution in [0.3, 0.4) is 0 Å². The molecule has 2 fully saturated rings. The summed E-state index contributed by atoms with van der Waals surface area (Å²) in [5.74, 6) is -2.98. The molecule has 2 heterocycles. The normalized spacial score (nSPS) is 23.2. The Hall–Kier alpha value is -1.31. The molecule has 0 aromatic carbocycles. The lowest BCUT2D eigenvalue weighted by molar-refractivity contribution is -0.187. The van der Waals surface area contributed by atoms with Gasteiger partial charge in [-0.3, -0.25) is 14.5 Å². The fraction of sp³-hybridized carbons (Fsp3) is 0.818. The van der Waals surface area contributed by atoms with Gasteiger partial charge < -0.3 is 10.0 Å². The van der Waals surface area contributed by atoms with Crippen molar-refractivity contribution >= 4 is 11.9 Å². The average molecular weight is 280 g/mol. The molecule has 2 saturated heterocycles. The molecule has 0 aliphatic carbocycles. The Bertz CT molecular complexity index is 372. The highest BCUT2D eigenvalue weighted by Gasteiger charge is 2.44. The van der Waals surface area contributed by atoms with Crippen LogP contribution in [0.4, 0.5) is 13.2 Å². The molecule has 2 rings (SSSR count). The van der Waals surface area contributed by atoms with E-state index in [1.807, 2.05) is 4.90 Å². The van der Waals surface area contributed by atoms with Crippen LogP contribution in [0.1, 0.15) is 12.8 Å². The van der Waals surface area contributed by atoms with Crippen LogP contribution in [0.15, 0.2) is 0 Å². The van der Waals surface area contributed by atoms with E-state index >= 15 is 0 Å². The van der Waals surface area contributed by atoms with Crippen LogP contribution in [0.2, 0.25) is 0 Å². The number of halogens is 3. The van der Waals surface area contributed by atoms with Crippen LogP contribution >= 0.6 is 0 Å². The number of hydrogen-bond donors (Lipinski definition) is 1. The van der Waals surface area contributed by atoms with Crippen molar-refractivity contribution in [2.24, 2.45) is 5.92 Å². The van der Waals surface area contributed by atoms with Crippen LogP contribution in [-0.2, 0) is 9.59 Å². The van der Waals surface area contributed by atoms with Crippen LogP contribution in [0, 0.1) is 5.92 Å².